The van der Waals surface area contributed by atoms with Gasteiger partial charge in [-0.05, 0) is 34.1 Å². The molecule has 0 spiro atoms. The predicted molar refractivity (Wildman–Crippen MR) is 103 cm³/mol. The number of pyridine rings is 1. The van der Waals surface area contributed by atoms with Crippen LogP contribution >= 0.6 is 15.9 Å². The Morgan fingerprint density at radius 2 is 1.71 bits per heavy atom. The van der Waals surface area contributed by atoms with Crippen molar-refractivity contribution in [1.82, 2.24) is 4.98 Å². The number of amides is 1. The number of fused-ring (bicyclic) bond motifs is 1. The first-order valence-corrected chi connectivity index (χ1v) is 8.62. The second-order valence-corrected chi connectivity index (χ2v) is 7.62. The summed E-state index contributed by atoms with van der Waals surface area (Å²) < 4.78 is 0.902. The molecule has 4 heteroatoms. The number of carbonyl (C=O) groups excluding carboxylic acids is 1. The average Bonchev–Trinajstić information content (AvgIpc) is 2.54. The number of aromatic nitrogens is 1. The number of para-hydroxylation sites is 2. The van der Waals surface area contributed by atoms with Crippen molar-refractivity contribution < 1.29 is 4.79 Å². The van der Waals surface area contributed by atoms with E-state index in [9.17, 15) is 4.79 Å². The second-order valence-electron chi connectivity index (χ2n) is 6.76. The van der Waals surface area contributed by atoms with Crippen molar-refractivity contribution >= 4 is 38.4 Å². The van der Waals surface area contributed by atoms with Crippen LogP contribution in [0.4, 0.5) is 5.69 Å². The molecule has 1 amide bonds. The topological polar surface area (TPSA) is 42.0 Å². The SMILES string of the molecule is CC(C)(C)C(=O)Nc1ccccc1-c1nc2ccccc2cc1Br. The number of nitrogens with one attached hydrogen (secondary N) is 1. The normalized spacial score (nSPS) is 11.5. The van der Waals surface area contributed by atoms with Gasteiger partial charge in [-0.1, -0.05) is 57.2 Å². The van der Waals surface area contributed by atoms with Crippen LogP contribution in [0.15, 0.2) is 59.1 Å². The van der Waals surface area contributed by atoms with E-state index in [0.29, 0.717) is 0 Å². The Morgan fingerprint density at radius 3 is 2.46 bits per heavy atom. The van der Waals surface area contributed by atoms with E-state index in [1.807, 2.05) is 69.3 Å². The van der Waals surface area contributed by atoms with Gasteiger partial charge in [0, 0.05) is 20.8 Å². The van der Waals surface area contributed by atoms with Crippen LogP contribution in [0.5, 0.6) is 0 Å². The molecule has 2 aromatic carbocycles. The molecule has 0 unspecified atom stereocenters. The lowest BCUT2D eigenvalue weighted by Gasteiger charge is -2.19. The maximum atomic E-state index is 12.4. The first-order valence-electron chi connectivity index (χ1n) is 7.82. The summed E-state index contributed by atoms with van der Waals surface area (Å²) in [5.41, 5.74) is 2.95. The zero-order chi connectivity index (χ0) is 17.3. The van der Waals surface area contributed by atoms with Gasteiger partial charge in [0.1, 0.15) is 0 Å². The minimum absolute atomic E-state index is 0.0214. The molecule has 0 aliphatic rings. The zero-order valence-corrected chi connectivity index (χ0v) is 15.5. The van der Waals surface area contributed by atoms with Gasteiger partial charge in [0.15, 0.2) is 0 Å². The summed E-state index contributed by atoms with van der Waals surface area (Å²) in [7, 11) is 0. The van der Waals surface area contributed by atoms with Crippen LogP contribution in [0.1, 0.15) is 20.8 Å². The standard InChI is InChI=1S/C20H19BrN2O/c1-20(2,3)19(24)23-17-11-7-5-9-14(17)18-15(21)12-13-8-4-6-10-16(13)22-18/h4-12H,1-3H3,(H,23,24). The van der Waals surface area contributed by atoms with Crippen LogP contribution in [-0.2, 0) is 4.79 Å². The molecular weight excluding hydrogens is 364 g/mol. The summed E-state index contributed by atoms with van der Waals surface area (Å²) >= 11 is 3.62. The van der Waals surface area contributed by atoms with Gasteiger partial charge in [-0.25, -0.2) is 4.98 Å². The number of halogens is 1. The smallest absolute Gasteiger partial charge is 0.229 e. The summed E-state index contributed by atoms with van der Waals surface area (Å²) in [6, 6.07) is 17.8. The number of nitrogens with zero attached hydrogens (tertiary/aromatic N) is 1. The molecule has 1 heterocycles. The monoisotopic (exact) mass is 382 g/mol. The van der Waals surface area contributed by atoms with E-state index < -0.39 is 5.41 Å². The molecule has 122 valence electrons. The molecule has 0 saturated carbocycles. The van der Waals surface area contributed by atoms with Crippen molar-refractivity contribution in [1.29, 1.82) is 0 Å². The van der Waals surface area contributed by atoms with Crippen LogP contribution in [0.25, 0.3) is 22.2 Å². The van der Waals surface area contributed by atoms with E-state index in [1.165, 1.54) is 0 Å². The Kier molecular flexibility index (Phi) is 4.41. The van der Waals surface area contributed by atoms with Gasteiger partial charge in [0.05, 0.1) is 16.9 Å². The Balaban J connectivity index is 2.10. The molecule has 0 radical (unpaired) electrons. The quantitative estimate of drug-likeness (QED) is 0.622. The Hall–Kier alpha value is -2.20. The highest BCUT2D eigenvalue weighted by Gasteiger charge is 2.22. The Labute approximate surface area is 150 Å². The fourth-order valence-corrected chi connectivity index (χ4v) is 2.94. The molecule has 0 aliphatic carbocycles. The lowest BCUT2D eigenvalue weighted by atomic mass is 9.95. The van der Waals surface area contributed by atoms with Gasteiger partial charge in [0.25, 0.3) is 0 Å². The molecule has 1 N–H and O–H groups in total. The summed E-state index contributed by atoms with van der Waals surface area (Å²) in [4.78, 5) is 17.1. The third kappa shape index (κ3) is 3.34. The number of carbonyl (C=O) groups is 1. The van der Waals surface area contributed by atoms with Crippen LogP contribution in [0, 0.1) is 5.41 Å². The van der Waals surface area contributed by atoms with Crippen molar-refractivity contribution in [2.75, 3.05) is 5.32 Å². The van der Waals surface area contributed by atoms with Crippen LogP contribution < -0.4 is 5.32 Å². The molecule has 24 heavy (non-hydrogen) atoms. The zero-order valence-electron chi connectivity index (χ0n) is 13.9. The number of benzene rings is 2. The minimum Gasteiger partial charge on any atom is -0.325 e. The van der Waals surface area contributed by atoms with Crippen LogP contribution in [0.3, 0.4) is 0 Å². The van der Waals surface area contributed by atoms with Crippen molar-refractivity contribution in [3.05, 3.63) is 59.1 Å². The maximum Gasteiger partial charge on any atom is 0.229 e. The highest BCUT2D eigenvalue weighted by atomic mass is 79.9. The number of hydrogen-bond acceptors (Lipinski definition) is 2. The summed E-state index contributed by atoms with van der Waals surface area (Å²) in [5.74, 6) is -0.0214. The highest BCUT2D eigenvalue weighted by Crippen LogP contribution is 2.34. The number of hydrogen-bond donors (Lipinski definition) is 1. The van der Waals surface area contributed by atoms with Gasteiger partial charge in [0.2, 0.25) is 5.91 Å². The van der Waals surface area contributed by atoms with E-state index in [1.54, 1.807) is 0 Å². The summed E-state index contributed by atoms with van der Waals surface area (Å²) in [6.45, 7) is 5.69. The highest BCUT2D eigenvalue weighted by molar-refractivity contribution is 9.10. The van der Waals surface area contributed by atoms with Gasteiger partial charge in [-0.3, -0.25) is 4.79 Å². The minimum atomic E-state index is -0.457. The molecule has 0 bridgehead atoms. The third-order valence-electron chi connectivity index (χ3n) is 3.79. The van der Waals surface area contributed by atoms with Crippen molar-refractivity contribution in [2.45, 2.75) is 20.8 Å². The van der Waals surface area contributed by atoms with E-state index in [-0.39, 0.29) is 5.91 Å². The van der Waals surface area contributed by atoms with Gasteiger partial charge >= 0.3 is 0 Å². The average molecular weight is 383 g/mol. The molecule has 0 atom stereocenters. The van der Waals surface area contributed by atoms with Crippen molar-refractivity contribution in [3.8, 4) is 11.3 Å². The van der Waals surface area contributed by atoms with E-state index in [2.05, 4.69) is 27.3 Å². The molecule has 0 fully saturated rings. The molecule has 3 rings (SSSR count). The lowest BCUT2D eigenvalue weighted by molar-refractivity contribution is -0.123. The van der Waals surface area contributed by atoms with Gasteiger partial charge < -0.3 is 5.32 Å². The predicted octanol–water partition coefficient (Wildman–Crippen LogP) is 5.65. The lowest BCUT2D eigenvalue weighted by Crippen LogP contribution is -2.27. The third-order valence-corrected chi connectivity index (χ3v) is 4.39. The van der Waals surface area contributed by atoms with Gasteiger partial charge in [-0.2, -0.15) is 0 Å². The van der Waals surface area contributed by atoms with Crippen molar-refractivity contribution in [3.63, 3.8) is 0 Å². The number of rotatable bonds is 2. The van der Waals surface area contributed by atoms with E-state index in [4.69, 9.17) is 4.98 Å². The largest absolute Gasteiger partial charge is 0.325 e. The Bertz CT molecular complexity index is 913. The Morgan fingerprint density at radius 1 is 1.04 bits per heavy atom. The molecule has 3 nitrogen and oxygen atoms in total. The molecule has 0 aliphatic heterocycles. The van der Waals surface area contributed by atoms with E-state index in [0.717, 1.165) is 32.3 Å². The molecular formula is C20H19BrN2O. The first-order chi connectivity index (χ1) is 11.4. The van der Waals surface area contributed by atoms with E-state index >= 15 is 0 Å². The van der Waals surface area contributed by atoms with Crippen LogP contribution in [0.2, 0.25) is 0 Å². The first kappa shape index (κ1) is 16.7. The molecule has 0 saturated heterocycles. The fraction of sp³-hybridized carbons (Fsp3) is 0.200. The fourth-order valence-electron chi connectivity index (χ4n) is 2.39. The maximum absolute atomic E-state index is 12.4. The van der Waals surface area contributed by atoms with Gasteiger partial charge in [-0.15, -0.1) is 0 Å². The second kappa shape index (κ2) is 6.36. The summed E-state index contributed by atoms with van der Waals surface area (Å²) in [5, 5.41) is 4.10. The van der Waals surface area contributed by atoms with Crippen LogP contribution in [-0.4, -0.2) is 10.9 Å². The molecule has 3 aromatic rings. The molecule has 1 aromatic heterocycles. The summed E-state index contributed by atoms with van der Waals surface area (Å²) in [6.07, 6.45) is 0. The van der Waals surface area contributed by atoms with Crippen molar-refractivity contribution in [2.24, 2.45) is 5.41 Å². The number of anilines is 1.